The van der Waals surface area contributed by atoms with Crippen LogP contribution in [0.1, 0.15) is 52.2 Å². The van der Waals surface area contributed by atoms with E-state index in [0.29, 0.717) is 0 Å². The number of carbonyl (C=O) groups is 5. The molecule has 0 spiro atoms. The number of para-hydroxylation sites is 1. The van der Waals surface area contributed by atoms with E-state index in [1.54, 1.807) is 0 Å². The van der Waals surface area contributed by atoms with E-state index in [2.05, 4.69) is 0 Å². The molecule has 1 N–H and O–H groups in total. The maximum atomic E-state index is 12.9. The first kappa shape index (κ1) is 30.3. The van der Waals surface area contributed by atoms with Crippen molar-refractivity contribution in [1.82, 2.24) is 0 Å². The molecule has 38 heavy (non-hydrogen) atoms. The maximum absolute atomic E-state index is 12.9. The predicted octanol–water partition coefficient (Wildman–Crippen LogP) is 1.10. The van der Waals surface area contributed by atoms with Crippen LogP contribution in [0, 0.1) is 10.1 Å². The highest BCUT2D eigenvalue weighted by Gasteiger charge is 2.52. The number of hydrogen-bond donors (Lipinski definition) is 1. The van der Waals surface area contributed by atoms with E-state index in [1.165, 1.54) is 24.3 Å². The van der Waals surface area contributed by atoms with Crippen molar-refractivity contribution in [2.45, 2.75) is 77.2 Å². The highest BCUT2D eigenvalue weighted by molar-refractivity contribution is 5.80. The molecule has 1 fully saturated rings. The first-order valence-corrected chi connectivity index (χ1v) is 11.5. The van der Waals surface area contributed by atoms with Gasteiger partial charge in [-0.25, -0.2) is 0 Å². The molecule has 1 aromatic rings. The minimum atomic E-state index is -1.53. The number of aliphatic hydroxyl groups excluding tert-OH is 1. The molecule has 0 amide bonds. The van der Waals surface area contributed by atoms with Gasteiger partial charge in [-0.2, -0.15) is 0 Å². The van der Waals surface area contributed by atoms with Crippen LogP contribution in [0.15, 0.2) is 24.3 Å². The molecule has 6 atom stereocenters. The van der Waals surface area contributed by atoms with Crippen molar-refractivity contribution in [2.75, 3.05) is 6.61 Å². The van der Waals surface area contributed by atoms with E-state index in [-0.39, 0.29) is 11.3 Å². The number of nitrogens with zero attached hydrogens (tertiary/aromatic N) is 1. The Bertz CT molecular complexity index is 1070. The average molecular weight is 539 g/mol. The van der Waals surface area contributed by atoms with Crippen molar-refractivity contribution in [3.8, 4) is 0 Å². The number of benzene rings is 1. The molecule has 0 bridgehead atoms. The van der Waals surface area contributed by atoms with Crippen LogP contribution in [0.2, 0.25) is 0 Å². The van der Waals surface area contributed by atoms with Crippen LogP contribution in [0.5, 0.6) is 0 Å². The Morgan fingerprint density at radius 2 is 1.42 bits per heavy atom. The number of hydrogen-bond acceptors (Lipinski definition) is 13. The zero-order chi connectivity index (χ0) is 28.6. The van der Waals surface area contributed by atoms with Gasteiger partial charge in [-0.3, -0.25) is 34.1 Å². The fourth-order valence-corrected chi connectivity index (χ4v) is 4.05. The summed E-state index contributed by atoms with van der Waals surface area (Å²) in [6.07, 6.45) is -9.35. The highest BCUT2D eigenvalue weighted by atomic mass is 16.7. The summed E-state index contributed by atoms with van der Waals surface area (Å²) in [6.45, 7) is 3.87. The first-order valence-electron chi connectivity index (χ1n) is 11.5. The van der Waals surface area contributed by atoms with Crippen molar-refractivity contribution in [3.05, 3.63) is 39.9 Å². The van der Waals surface area contributed by atoms with Crippen molar-refractivity contribution >= 4 is 35.3 Å². The minimum Gasteiger partial charge on any atom is -0.463 e. The smallest absolute Gasteiger partial charge is 0.303 e. The van der Waals surface area contributed by atoms with Gasteiger partial charge in [-0.05, 0) is 6.07 Å². The number of esters is 4. The van der Waals surface area contributed by atoms with Crippen LogP contribution in [-0.2, 0) is 47.7 Å². The van der Waals surface area contributed by atoms with Crippen molar-refractivity contribution in [3.63, 3.8) is 0 Å². The minimum absolute atomic E-state index is 0.0765. The lowest BCUT2D eigenvalue weighted by atomic mass is 9.90. The van der Waals surface area contributed by atoms with Gasteiger partial charge in [0.15, 0.2) is 18.3 Å². The molecule has 1 aliphatic rings. The van der Waals surface area contributed by atoms with Crippen molar-refractivity contribution < 1.29 is 57.7 Å². The fourth-order valence-electron chi connectivity index (χ4n) is 4.05. The SMILES string of the molecule is CC(=O)OC[C@@H]1O[C@H](CC(=O)C[C@@H](O)c2ccccc2[N+](=O)[O-])[C@@H](OC(C)=O)[C@H](OC(C)=O)[C@H]1OC(C)=O. The van der Waals surface area contributed by atoms with Gasteiger partial charge < -0.3 is 28.8 Å². The Hall–Kier alpha value is -3.91. The lowest BCUT2D eigenvalue weighted by Gasteiger charge is -2.44. The third-order valence-corrected chi connectivity index (χ3v) is 5.43. The van der Waals surface area contributed by atoms with Crippen molar-refractivity contribution in [1.29, 1.82) is 0 Å². The topological polar surface area (TPSA) is 195 Å². The predicted molar refractivity (Wildman–Crippen MR) is 124 cm³/mol. The molecule has 208 valence electrons. The van der Waals surface area contributed by atoms with Gasteiger partial charge in [0, 0.05) is 46.6 Å². The van der Waals surface area contributed by atoms with Crippen LogP contribution in [0.25, 0.3) is 0 Å². The van der Waals surface area contributed by atoms with Crippen LogP contribution >= 0.6 is 0 Å². The monoisotopic (exact) mass is 539 g/mol. The van der Waals surface area contributed by atoms with Gasteiger partial charge in [-0.1, -0.05) is 12.1 Å². The van der Waals surface area contributed by atoms with E-state index in [0.717, 1.165) is 27.7 Å². The third kappa shape index (κ3) is 8.59. The maximum Gasteiger partial charge on any atom is 0.303 e. The molecule has 0 saturated carbocycles. The second-order valence-electron chi connectivity index (χ2n) is 8.52. The number of ether oxygens (including phenoxy) is 5. The van der Waals surface area contributed by atoms with Crippen LogP contribution in [0.4, 0.5) is 5.69 Å². The molecular formula is C24H29NO13. The summed E-state index contributed by atoms with van der Waals surface area (Å²) < 4.78 is 26.7. The zero-order valence-electron chi connectivity index (χ0n) is 21.2. The van der Waals surface area contributed by atoms with Gasteiger partial charge >= 0.3 is 23.9 Å². The largest absolute Gasteiger partial charge is 0.463 e. The lowest BCUT2D eigenvalue weighted by Crippen LogP contribution is -2.62. The number of rotatable bonds is 11. The zero-order valence-corrected chi connectivity index (χ0v) is 21.2. The Morgan fingerprint density at radius 3 is 1.95 bits per heavy atom. The number of aliphatic hydroxyl groups is 1. The van der Waals surface area contributed by atoms with Gasteiger partial charge in [-0.15, -0.1) is 0 Å². The second kappa shape index (κ2) is 13.6. The molecule has 2 rings (SSSR count). The Labute approximate surface area is 217 Å². The van der Waals surface area contributed by atoms with Crippen molar-refractivity contribution in [2.24, 2.45) is 0 Å². The standard InChI is InChI=1S/C24H29NO13/c1-12(26)34-11-21-23(36-14(3)28)24(37-15(4)29)22(35-13(2)27)20(38-21)10-16(30)9-19(31)17-7-5-6-8-18(17)25(32)33/h5-8,19-24,31H,9-11H2,1-4H3/t19-,20-,21+,22-,23+,24+/m1/s1. The van der Waals surface area contributed by atoms with Crippen LogP contribution in [0.3, 0.4) is 0 Å². The van der Waals surface area contributed by atoms with Gasteiger partial charge in [0.2, 0.25) is 0 Å². The summed E-state index contributed by atoms with van der Waals surface area (Å²) >= 11 is 0. The van der Waals surface area contributed by atoms with E-state index in [9.17, 15) is 39.2 Å². The summed E-state index contributed by atoms with van der Waals surface area (Å²) in [4.78, 5) is 70.5. The Morgan fingerprint density at radius 1 is 0.895 bits per heavy atom. The Kier molecular flexibility index (Phi) is 10.8. The molecule has 14 heteroatoms. The number of Topliss-reactive ketones (excluding diaryl/α,β-unsaturated/α-hetero) is 1. The van der Waals surface area contributed by atoms with E-state index >= 15 is 0 Å². The molecule has 0 aliphatic carbocycles. The fraction of sp³-hybridized carbons (Fsp3) is 0.542. The third-order valence-electron chi connectivity index (χ3n) is 5.43. The number of ketones is 1. The molecule has 0 unspecified atom stereocenters. The van der Waals surface area contributed by atoms with E-state index in [1.807, 2.05) is 0 Å². The van der Waals surface area contributed by atoms with Gasteiger partial charge in [0.05, 0.1) is 16.6 Å². The molecule has 1 heterocycles. The van der Waals surface area contributed by atoms with Crippen LogP contribution < -0.4 is 0 Å². The summed E-state index contributed by atoms with van der Waals surface area (Å²) in [5, 5.41) is 21.8. The van der Waals surface area contributed by atoms with E-state index < -0.39 is 90.7 Å². The molecule has 0 aromatic heterocycles. The molecule has 1 aliphatic heterocycles. The highest BCUT2D eigenvalue weighted by Crippen LogP contribution is 2.32. The quantitative estimate of drug-likeness (QED) is 0.182. The molecular weight excluding hydrogens is 510 g/mol. The average Bonchev–Trinajstić information content (AvgIpc) is 2.80. The normalized spacial score (nSPS) is 23.4. The number of nitro groups is 1. The molecule has 0 radical (unpaired) electrons. The Balaban J connectivity index is 2.36. The summed E-state index contributed by atoms with van der Waals surface area (Å²) in [6, 6.07) is 5.37. The first-order chi connectivity index (χ1) is 17.8. The van der Waals surface area contributed by atoms with E-state index in [4.69, 9.17) is 23.7 Å². The second-order valence-corrected chi connectivity index (χ2v) is 8.52. The summed E-state index contributed by atoms with van der Waals surface area (Å²) in [5.41, 5.74) is -0.451. The summed E-state index contributed by atoms with van der Waals surface area (Å²) in [7, 11) is 0. The van der Waals surface area contributed by atoms with Crippen LogP contribution in [-0.4, -0.2) is 76.8 Å². The summed E-state index contributed by atoms with van der Waals surface area (Å²) in [5.74, 6) is -3.78. The molecule has 1 aromatic carbocycles. The van der Waals surface area contributed by atoms with Gasteiger partial charge in [0.25, 0.3) is 5.69 Å². The lowest BCUT2D eigenvalue weighted by molar-refractivity contribution is -0.386. The number of nitro benzene ring substituents is 1. The number of carbonyl (C=O) groups excluding carboxylic acids is 5. The van der Waals surface area contributed by atoms with Gasteiger partial charge in [0.1, 0.15) is 24.6 Å². The molecule has 14 nitrogen and oxygen atoms in total. The molecule has 1 saturated heterocycles.